The lowest BCUT2D eigenvalue weighted by Crippen LogP contribution is -2.46. The molecule has 0 aliphatic carbocycles. The molecule has 1 fully saturated rings. The second kappa shape index (κ2) is 6.24. The van der Waals surface area contributed by atoms with Crippen molar-refractivity contribution >= 4 is 17.5 Å². The monoisotopic (exact) mass is 291 g/mol. The van der Waals surface area contributed by atoms with Crippen molar-refractivity contribution in [3.8, 4) is 0 Å². The molecule has 0 atom stereocenters. The molecule has 1 saturated heterocycles. The Kier molecular flexibility index (Phi) is 4.60. The maximum absolute atomic E-state index is 11.8. The van der Waals surface area contributed by atoms with Gasteiger partial charge in [-0.15, -0.1) is 0 Å². The normalized spacial score (nSPS) is 16.6. The average molecular weight is 291 g/mol. The summed E-state index contributed by atoms with van der Waals surface area (Å²) in [6, 6.07) is 8.10. The van der Waals surface area contributed by atoms with Crippen LogP contribution in [0.1, 0.15) is 33.6 Å². The summed E-state index contributed by atoms with van der Waals surface area (Å²) in [5.41, 5.74) is 7.21. The zero-order chi connectivity index (χ0) is 15.5. The molecule has 2 rings (SSSR count). The first-order chi connectivity index (χ1) is 9.83. The Morgan fingerprint density at radius 3 is 2.33 bits per heavy atom. The molecule has 0 aromatic heterocycles. The molecular weight excluding hydrogens is 266 g/mol. The third kappa shape index (κ3) is 4.85. The van der Waals surface area contributed by atoms with Gasteiger partial charge in [-0.1, -0.05) is 0 Å². The summed E-state index contributed by atoms with van der Waals surface area (Å²) in [6.07, 6.45) is 1.51. The van der Waals surface area contributed by atoms with Crippen molar-refractivity contribution in [2.75, 3.05) is 23.7 Å². The van der Waals surface area contributed by atoms with Crippen LogP contribution < -0.4 is 16.0 Å². The number of hydrogen-bond acceptors (Lipinski definition) is 4. The van der Waals surface area contributed by atoms with E-state index in [0.29, 0.717) is 0 Å². The minimum atomic E-state index is -0.450. The maximum atomic E-state index is 11.8. The van der Waals surface area contributed by atoms with Gasteiger partial charge in [0.15, 0.2) is 0 Å². The van der Waals surface area contributed by atoms with Crippen molar-refractivity contribution < 1.29 is 9.53 Å². The minimum Gasteiger partial charge on any atom is -0.444 e. The molecule has 0 radical (unpaired) electrons. The Balaban J connectivity index is 1.80. The highest BCUT2D eigenvalue weighted by molar-refractivity contribution is 5.68. The van der Waals surface area contributed by atoms with Gasteiger partial charge in [-0.25, -0.2) is 4.79 Å². The molecule has 21 heavy (non-hydrogen) atoms. The summed E-state index contributed by atoms with van der Waals surface area (Å²) in [5.74, 6) is 0. The van der Waals surface area contributed by atoms with E-state index < -0.39 is 5.60 Å². The van der Waals surface area contributed by atoms with Crippen LogP contribution in [0.5, 0.6) is 0 Å². The van der Waals surface area contributed by atoms with E-state index in [0.717, 1.165) is 31.6 Å². The lowest BCUT2D eigenvalue weighted by Gasteiger charge is -2.34. The standard InChI is InChI=1S/C16H25N3O2/c1-16(2,3)21-15(20)18-13-8-10-19(11-9-13)14-6-4-12(17)5-7-14/h4-7,13H,8-11,17H2,1-3H3,(H,18,20). The van der Waals surface area contributed by atoms with Crippen LogP contribution >= 0.6 is 0 Å². The van der Waals surface area contributed by atoms with Crippen LogP contribution in [0, 0.1) is 0 Å². The van der Waals surface area contributed by atoms with Crippen LogP contribution in [-0.2, 0) is 4.74 Å². The number of alkyl carbamates (subject to hydrolysis) is 1. The van der Waals surface area contributed by atoms with Gasteiger partial charge in [-0.2, -0.15) is 0 Å². The maximum Gasteiger partial charge on any atom is 0.407 e. The minimum absolute atomic E-state index is 0.185. The van der Waals surface area contributed by atoms with E-state index >= 15 is 0 Å². The zero-order valence-electron chi connectivity index (χ0n) is 13.1. The number of rotatable bonds is 2. The van der Waals surface area contributed by atoms with Gasteiger partial charge in [0.05, 0.1) is 0 Å². The zero-order valence-corrected chi connectivity index (χ0v) is 13.1. The average Bonchev–Trinajstić information content (AvgIpc) is 2.38. The fraction of sp³-hybridized carbons (Fsp3) is 0.562. The molecule has 1 aromatic carbocycles. The molecule has 5 heteroatoms. The molecular formula is C16H25N3O2. The van der Waals surface area contributed by atoms with E-state index in [9.17, 15) is 4.79 Å². The number of anilines is 2. The number of hydrogen-bond donors (Lipinski definition) is 2. The summed E-state index contributed by atoms with van der Waals surface area (Å²) in [4.78, 5) is 14.1. The lowest BCUT2D eigenvalue weighted by molar-refractivity contribution is 0.0497. The first kappa shape index (κ1) is 15.5. The molecule has 1 aliphatic heterocycles. The molecule has 0 bridgehead atoms. The van der Waals surface area contributed by atoms with Crippen molar-refractivity contribution in [3.05, 3.63) is 24.3 Å². The summed E-state index contributed by atoms with van der Waals surface area (Å²) < 4.78 is 5.29. The number of nitrogens with one attached hydrogen (secondary N) is 1. The summed E-state index contributed by atoms with van der Waals surface area (Å²) in [6.45, 7) is 7.46. The predicted molar refractivity (Wildman–Crippen MR) is 85.5 cm³/mol. The van der Waals surface area contributed by atoms with Gasteiger partial charge in [0, 0.05) is 30.5 Å². The molecule has 116 valence electrons. The molecule has 1 aromatic rings. The summed E-state index contributed by atoms with van der Waals surface area (Å²) in [5, 5.41) is 2.95. The third-order valence-corrected chi connectivity index (χ3v) is 3.47. The van der Waals surface area contributed by atoms with Gasteiger partial charge < -0.3 is 20.7 Å². The number of piperidine rings is 1. The number of carbonyl (C=O) groups is 1. The van der Waals surface area contributed by atoms with Crippen LogP contribution in [0.15, 0.2) is 24.3 Å². The Hall–Kier alpha value is -1.91. The van der Waals surface area contributed by atoms with Gasteiger partial charge in [0.1, 0.15) is 5.60 Å². The van der Waals surface area contributed by atoms with Crippen molar-refractivity contribution in [2.45, 2.75) is 45.3 Å². The van der Waals surface area contributed by atoms with Crippen molar-refractivity contribution in [1.82, 2.24) is 5.32 Å². The van der Waals surface area contributed by atoms with E-state index in [1.54, 1.807) is 0 Å². The van der Waals surface area contributed by atoms with Crippen LogP contribution in [0.3, 0.4) is 0 Å². The van der Waals surface area contributed by atoms with Crippen molar-refractivity contribution in [3.63, 3.8) is 0 Å². The second-order valence-electron chi connectivity index (χ2n) is 6.50. The van der Waals surface area contributed by atoms with Gasteiger partial charge in [0.25, 0.3) is 0 Å². The molecule has 5 nitrogen and oxygen atoms in total. The fourth-order valence-electron chi connectivity index (χ4n) is 2.44. The Labute approximate surface area is 126 Å². The number of ether oxygens (including phenoxy) is 1. The number of amides is 1. The fourth-order valence-corrected chi connectivity index (χ4v) is 2.44. The highest BCUT2D eigenvalue weighted by Gasteiger charge is 2.23. The Morgan fingerprint density at radius 2 is 1.81 bits per heavy atom. The quantitative estimate of drug-likeness (QED) is 0.822. The van der Waals surface area contributed by atoms with E-state index in [2.05, 4.69) is 10.2 Å². The molecule has 1 amide bonds. The molecule has 3 N–H and O–H groups in total. The number of nitrogens with two attached hydrogens (primary N) is 1. The Bertz CT molecular complexity index is 471. The molecule has 0 spiro atoms. The number of nitrogen functional groups attached to an aromatic ring is 1. The highest BCUT2D eigenvalue weighted by atomic mass is 16.6. The second-order valence-corrected chi connectivity index (χ2v) is 6.50. The molecule has 1 heterocycles. The van der Waals surface area contributed by atoms with E-state index in [4.69, 9.17) is 10.5 Å². The van der Waals surface area contributed by atoms with Gasteiger partial charge in [-0.3, -0.25) is 0 Å². The number of nitrogens with zero attached hydrogens (tertiary/aromatic N) is 1. The largest absolute Gasteiger partial charge is 0.444 e. The van der Waals surface area contributed by atoms with E-state index in [1.165, 1.54) is 5.69 Å². The SMILES string of the molecule is CC(C)(C)OC(=O)NC1CCN(c2ccc(N)cc2)CC1. The van der Waals surface area contributed by atoms with Crippen LogP contribution in [0.4, 0.5) is 16.2 Å². The van der Waals surface area contributed by atoms with E-state index in [-0.39, 0.29) is 12.1 Å². The van der Waals surface area contributed by atoms with Crippen LogP contribution in [0.2, 0.25) is 0 Å². The van der Waals surface area contributed by atoms with E-state index in [1.807, 2.05) is 45.0 Å². The Morgan fingerprint density at radius 1 is 1.24 bits per heavy atom. The summed E-state index contributed by atoms with van der Waals surface area (Å²) >= 11 is 0. The first-order valence-electron chi connectivity index (χ1n) is 7.43. The lowest BCUT2D eigenvalue weighted by atomic mass is 10.0. The van der Waals surface area contributed by atoms with Crippen molar-refractivity contribution in [2.24, 2.45) is 0 Å². The smallest absolute Gasteiger partial charge is 0.407 e. The third-order valence-electron chi connectivity index (χ3n) is 3.47. The topological polar surface area (TPSA) is 67.6 Å². The molecule has 0 unspecified atom stereocenters. The molecule has 1 aliphatic rings. The van der Waals surface area contributed by atoms with Crippen molar-refractivity contribution in [1.29, 1.82) is 0 Å². The molecule has 0 saturated carbocycles. The first-order valence-corrected chi connectivity index (χ1v) is 7.43. The highest BCUT2D eigenvalue weighted by Crippen LogP contribution is 2.21. The van der Waals surface area contributed by atoms with Gasteiger partial charge in [0.2, 0.25) is 0 Å². The predicted octanol–water partition coefficient (Wildman–Crippen LogP) is 2.76. The van der Waals surface area contributed by atoms with Crippen LogP contribution in [-0.4, -0.2) is 30.8 Å². The summed E-state index contributed by atoms with van der Waals surface area (Å²) in [7, 11) is 0. The number of carbonyl (C=O) groups excluding carboxylic acids is 1. The van der Waals surface area contributed by atoms with Gasteiger partial charge in [-0.05, 0) is 57.9 Å². The van der Waals surface area contributed by atoms with Gasteiger partial charge >= 0.3 is 6.09 Å². The number of benzene rings is 1. The van der Waals surface area contributed by atoms with Crippen LogP contribution in [0.25, 0.3) is 0 Å².